The number of benzene rings is 3. The Labute approximate surface area is 234 Å². The van der Waals surface area contributed by atoms with Crippen LogP contribution in [0.15, 0.2) is 66.7 Å². The molecular weight excluding hydrogens is 549 g/mol. The van der Waals surface area contributed by atoms with Gasteiger partial charge in [-0.25, -0.2) is 9.78 Å². The van der Waals surface area contributed by atoms with Crippen molar-refractivity contribution in [3.8, 4) is 11.3 Å². The maximum absolute atomic E-state index is 13.1. The smallest absolute Gasteiger partial charge is 0.339 e. The van der Waals surface area contributed by atoms with Gasteiger partial charge in [-0.15, -0.1) is 0 Å². The van der Waals surface area contributed by atoms with Crippen LogP contribution in [0.3, 0.4) is 0 Å². The Hall–Kier alpha value is -3.36. The number of nitrogens with one attached hydrogen (secondary N) is 1. The molecule has 1 aromatic heterocycles. The number of carbonyl (C=O) groups is 2. The number of halogens is 3. The number of carbonyl (C=O) groups excluding carboxylic acids is 2. The van der Waals surface area contributed by atoms with Crippen molar-refractivity contribution in [1.82, 2.24) is 4.98 Å². The number of amides is 1. The molecule has 1 N–H and O–H groups in total. The largest absolute Gasteiger partial charge is 0.452 e. The normalized spacial score (nSPS) is 13.4. The molecule has 0 aliphatic carbocycles. The van der Waals surface area contributed by atoms with Gasteiger partial charge in [0.15, 0.2) is 6.61 Å². The van der Waals surface area contributed by atoms with Crippen LogP contribution in [0.2, 0.25) is 15.1 Å². The first kappa shape index (κ1) is 26.3. The number of rotatable bonds is 6. The molecule has 0 spiro atoms. The van der Waals surface area contributed by atoms with E-state index in [1.54, 1.807) is 36.4 Å². The minimum Gasteiger partial charge on any atom is -0.452 e. The Balaban J connectivity index is 1.30. The van der Waals surface area contributed by atoms with E-state index in [9.17, 15) is 9.59 Å². The lowest BCUT2D eigenvalue weighted by Crippen LogP contribution is -2.36. The van der Waals surface area contributed by atoms with Gasteiger partial charge in [0.2, 0.25) is 0 Å². The van der Waals surface area contributed by atoms with Crippen LogP contribution < -0.4 is 10.2 Å². The zero-order valence-electron chi connectivity index (χ0n) is 20.0. The third kappa shape index (κ3) is 5.71. The maximum Gasteiger partial charge on any atom is 0.339 e. The van der Waals surface area contributed by atoms with Crippen LogP contribution >= 0.6 is 34.8 Å². The number of ether oxygens (including phenoxy) is 2. The fourth-order valence-corrected chi connectivity index (χ4v) is 4.82. The number of nitrogens with zero attached hydrogens (tertiary/aromatic N) is 2. The Kier molecular flexibility index (Phi) is 8.00. The molecule has 0 saturated carbocycles. The highest BCUT2D eigenvalue weighted by molar-refractivity contribution is 6.49. The van der Waals surface area contributed by atoms with Crippen molar-refractivity contribution in [2.45, 2.75) is 0 Å². The van der Waals surface area contributed by atoms with Gasteiger partial charge < -0.3 is 19.7 Å². The summed E-state index contributed by atoms with van der Waals surface area (Å²) in [5, 5.41) is 4.06. The third-order valence-electron chi connectivity index (χ3n) is 6.11. The number of hydrogen-bond donors (Lipinski definition) is 1. The van der Waals surface area contributed by atoms with Crippen molar-refractivity contribution in [1.29, 1.82) is 0 Å². The summed E-state index contributed by atoms with van der Waals surface area (Å²) < 4.78 is 10.8. The standard InChI is InChI=1S/C28H22Cl3N3O4/c29-22-10-9-20(26(30)27(22)31)24-15-21(19-3-1-2-4-23(19)33-24)28(36)38-16-25(35)32-17-5-7-18(8-6-17)34-11-13-37-14-12-34/h1-10,15H,11-14,16H2,(H,32,35). The minimum absolute atomic E-state index is 0.194. The van der Waals surface area contributed by atoms with E-state index < -0.39 is 18.5 Å². The van der Waals surface area contributed by atoms with E-state index in [1.165, 1.54) is 0 Å². The molecule has 1 saturated heterocycles. The van der Waals surface area contributed by atoms with Crippen LogP contribution in [0.1, 0.15) is 10.4 Å². The molecule has 10 heteroatoms. The Morgan fingerprint density at radius 3 is 2.45 bits per heavy atom. The molecule has 0 radical (unpaired) electrons. The van der Waals surface area contributed by atoms with E-state index >= 15 is 0 Å². The van der Waals surface area contributed by atoms with Gasteiger partial charge in [-0.05, 0) is 48.5 Å². The van der Waals surface area contributed by atoms with Crippen LogP contribution in [-0.4, -0.2) is 49.8 Å². The summed E-state index contributed by atoms with van der Waals surface area (Å²) in [6.45, 7) is 2.58. The Bertz CT molecular complexity index is 1510. The molecule has 1 aliphatic rings. The topological polar surface area (TPSA) is 80.8 Å². The first-order chi connectivity index (χ1) is 18.4. The second-order valence-electron chi connectivity index (χ2n) is 8.57. The summed E-state index contributed by atoms with van der Waals surface area (Å²) in [5.41, 5.74) is 3.40. The van der Waals surface area contributed by atoms with E-state index in [2.05, 4.69) is 15.2 Å². The fraction of sp³-hybridized carbons (Fsp3) is 0.179. The predicted molar refractivity (Wildman–Crippen MR) is 151 cm³/mol. The fourth-order valence-electron chi connectivity index (χ4n) is 4.19. The molecule has 1 fully saturated rings. The molecule has 0 unspecified atom stereocenters. The summed E-state index contributed by atoms with van der Waals surface area (Å²) in [7, 11) is 0. The Morgan fingerprint density at radius 2 is 1.68 bits per heavy atom. The van der Waals surface area contributed by atoms with Crippen LogP contribution in [0.5, 0.6) is 0 Å². The van der Waals surface area contributed by atoms with E-state index in [4.69, 9.17) is 44.3 Å². The summed E-state index contributed by atoms with van der Waals surface area (Å²) in [5.74, 6) is -1.12. The maximum atomic E-state index is 13.1. The molecule has 0 atom stereocenters. The SMILES string of the molecule is O=C(COC(=O)c1cc(-c2ccc(Cl)c(Cl)c2Cl)nc2ccccc12)Nc1ccc(N2CCOCC2)cc1. The quantitative estimate of drug-likeness (QED) is 0.211. The lowest BCUT2D eigenvalue weighted by Gasteiger charge is -2.28. The first-order valence-electron chi connectivity index (χ1n) is 11.8. The molecule has 3 aromatic carbocycles. The van der Waals surface area contributed by atoms with Gasteiger partial charge in [-0.1, -0.05) is 53.0 Å². The average molecular weight is 571 g/mol. The lowest BCUT2D eigenvalue weighted by atomic mass is 10.0. The minimum atomic E-state index is -0.668. The molecule has 1 amide bonds. The van der Waals surface area contributed by atoms with Gasteiger partial charge in [-0.3, -0.25) is 4.79 Å². The summed E-state index contributed by atoms with van der Waals surface area (Å²) in [4.78, 5) is 32.5. The number of para-hydroxylation sites is 1. The van der Waals surface area contributed by atoms with Crippen molar-refractivity contribution in [3.63, 3.8) is 0 Å². The number of morpholine rings is 1. The molecule has 5 rings (SSSR count). The Morgan fingerprint density at radius 1 is 0.947 bits per heavy atom. The van der Waals surface area contributed by atoms with E-state index in [0.717, 1.165) is 18.8 Å². The summed E-state index contributed by atoms with van der Waals surface area (Å²) in [6.07, 6.45) is 0. The molecule has 0 bridgehead atoms. The number of anilines is 2. The first-order valence-corrected chi connectivity index (χ1v) is 13.0. The van der Waals surface area contributed by atoms with Crippen molar-refractivity contribution < 1.29 is 19.1 Å². The van der Waals surface area contributed by atoms with Crippen molar-refractivity contribution in [3.05, 3.63) is 87.4 Å². The number of fused-ring (bicyclic) bond motifs is 1. The molecule has 194 valence electrons. The van der Waals surface area contributed by atoms with Crippen LogP contribution in [0.25, 0.3) is 22.2 Å². The zero-order valence-corrected chi connectivity index (χ0v) is 22.3. The number of pyridine rings is 1. The molecule has 7 nitrogen and oxygen atoms in total. The number of esters is 1. The third-order valence-corrected chi connectivity index (χ3v) is 7.40. The summed E-state index contributed by atoms with van der Waals surface area (Å²) >= 11 is 18.7. The van der Waals surface area contributed by atoms with Crippen LogP contribution in [0.4, 0.5) is 11.4 Å². The van der Waals surface area contributed by atoms with Gasteiger partial charge in [0.25, 0.3) is 5.91 Å². The molecule has 1 aliphatic heterocycles. The highest BCUT2D eigenvalue weighted by Gasteiger charge is 2.19. The number of hydrogen-bond acceptors (Lipinski definition) is 6. The van der Waals surface area contributed by atoms with Gasteiger partial charge in [0.1, 0.15) is 0 Å². The van der Waals surface area contributed by atoms with E-state index in [-0.39, 0.29) is 15.6 Å². The van der Waals surface area contributed by atoms with E-state index in [1.807, 2.05) is 30.3 Å². The zero-order chi connectivity index (χ0) is 26.6. The second-order valence-corrected chi connectivity index (χ2v) is 9.73. The van der Waals surface area contributed by atoms with Gasteiger partial charge >= 0.3 is 5.97 Å². The molecule has 2 heterocycles. The molecular formula is C28H22Cl3N3O4. The average Bonchev–Trinajstić information content (AvgIpc) is 2.95. The summed E-state index contributed by atoms with van der Waals surface area (Å²) in [6, 6.07) is 19.5. The van der Waals surface area contributed by atoms with Gasteiger partial charge in [0, 0.05) is 35.4 Å². The predicted octanol–water partition coefficient (Wildman–Crippen LogP) is 6.49. The highest BCUT2D eigenvalue weighted by atomic mass is 35.5. The van der Waals surface area contributed by atoms with Crippen molar-refractivity contribution in [2.24, 2.45) is 0 Å². The van der Waals surface area contributed by atoms with Crippen LogP contribution in [-0.2, 0) is 14.3 Å². The highest BCUT2D eigenvalue weighted by Crippen LogP contribution is 2.38. The second kappa shape index (κ2) is 11.6. The van der Waals surface area contributed by atoms with Gasteiger partial charge in [0.05, 0.1) is 45.1 Å². The van der Waals surface area contributed by atoms with E-state index in [0.29, 0.717) is 46.1 Å². The van der Waals surface area contributed by atoms with Gasteiger partial charge in [-0.2, -0.15) is 0 Å². The monoisotopic (exact) mass is 569 g/mol. The molecule has 38 heavy (non-hydrogen) atoms. The van der Waals surface area contributed by atoms with Crippen molar-refractivity contribution >= 4 is 69.0 Å². The molecule has 4 aromatic rings. The lowest BCUT2D eigenvalue weighted by molar-refractivity contribution is -0.119. The number of aromatic nitrogens is 1. The van der Waals surface area contributed by atoms with Crippen molar-refractivity contribution in [2.75, 3.05) is 43.1 Å². The van der Waals surface area contributed by atoms with Crippen LogP contribution in [0, 0.1) is 0 Å².